The second kappa shape index (κ2) is 6.18. The van der Waals surface area contributed by atoms with Crippen LogP contribution in [-0.2, 0) is 6.54 Å². The van der Waals surface area contributed by atoms with E-state index in [-0.39, 0.29) is 6.04 Å². The number of nitrogens with zero attached hydrogens (tertiary/aromatic N) is 2. The van der Waals surface area contributed by atoms with Crippen molar-refractivity contribution in [3.8, 4) is 11.5 Å². The number of benzene rings is 1. The quantitative estimate of drug-likeness (QED) is 0.946. The zero-order valence-corrected chi connectivity index (χ0v) is 12.9. The molecule has 0 radical (unpaired) electrons. The molecule has 0 saturated carbocycles. The maximum absolute atomic E-state index is 6.08. The Balaban J connectivity index is 1.70. The van der Waals surface area contributed by atoms with E-state index in [1.165, 1.54) is 0 Å². The molecule has 112 valence electrons. The summed E-state index contributed by atoms with van der Waals surface area (Å²) in [6, 6.07) is 7.79. The number of nitrogens with two attached hydrogens (primary N) is 1. The van der Waals surface area contributed by atoms with Gasteiger partial charge in [0.25, 0.3) is 0 Å². The number of hydrogen-bond acceptors (Lipinski definition) is 4. The van der Waals surface area contributed by atoms with Crippen molar-refractivity contribution in [3.05, 3.63) is 41.2 Å². The first-order valence-corrected chi connectivity index (χ1v) is 7.66. The minimum atomic E-state index is 0.257. The molecule has 1 saturated heterocycles. The van der Waals surface area contributed by atoms with E-state index in [2.05, 4.69) is 16.8 Å². The molecule has 2 aromatic rings. The first-order valence-electron chi connectivity index (χ1n) is 7.28. The van der Waals surface area contributed by atoms with Crippen molar-refractivity contribution < 1.29 is 4.42 Å². The topological polar surface area (TPSA) is 55.3 Å². The van der Waals surface area contributed by atoms with Crippen molar-refractivity contribution in [1.82, 2.24) is 9.88 Å². The van der Waals surface area contributed by atoms with Crippen LogP contribution in [-0.4, -0.2) is 29.0 Å². The van der Waals surface area contributed by atoms with E-state index < -0.39 is 0 Å². The van der Waals surface area contributed by atoms with Gasteiger partial charge in [-0.05, 0) is 30.5 Å². The highest BCUT2D eigenvalue weighted by atomic mass is 35.5. The number of halogens is 1. The number of hydrogen-bond donors (Lipinski definition) is 1. The van der Waals surface area contributed by atoms with E-state index in [0.717, 1.165) is 37.3 Å². The number of aromatic nitrogens is 1. The van der Waals surface area contributed by atoms with Crippen LogP contribution in [0.25, 0.3) is 11.5 Å². The van der Waals surface area contributed by atoms with Gasteiger partial charge in [-0.3, -0.25) is 4.90 Å². The molecule has 0 bridgehead atoms. The highest BCUT2D eigenvalue weighted by Gasteiger charge is 2.23. The van der Waals surface area contributed by atoms with Crippen molar-refractivity contribution in [2.75, 3.05) is 13.1 Å². The summed E-state index contributed by atoms with van der Waals surface area (Å²) in [5.74, 6) is 1.25. The van der Waals surface area contributed by atoms with Gasteiger partial charge in [-0.1, -0.05) is 24.6 Å². The van der Waals surface area contributed by atoms with Crippen molar-refractivity contribution in [2.24, 2.45) is 11.7 Å². The van der Waals surface area contributed by atoms with Gasteiger partial charge in [0.15, 0.2) is 0 Å². The second-order valence-electron chi connectivity index (χ2n) is 5.95. The normalized spacial score (nSPS) is 23.4. The van der Waals surface area contributed by atoms with Gasteiger partial charge in [-0.15, -0.1) is 0 Å². The molecule has 5 heteroatoms. The van der Waals surface area contributed by atoms with Crippen LogP contribution in [0.3, 0.4) is 0 Å². The summed E-state index contributed by atoms with van der Waals surface area (Å²) in [6.07, 6.45) is 2.82. The first-order chi connectivity index (χ1) is 10.1. The highest BCUT2D eigenvalue weighted by Crippen LogP contribution is 2.23. The fourth-order valence-corrected chi connectivity index (χ4v) is 3.20. The Morgan fingerprint density at radius 1 is 1.43 bits per heavy atom. The Hall–Kier alpha value is -1.36. The van der Waals surface area contributed by atoms with E-state index in [9.17, 15) is 0 Å². The fourth-order valence-electron chi connectivity index (χ4n) is 3.00. The van der Waals surface area contributed by atoms with Gasteiger partial charge in [0.2, 0.25) is 5.89 Å². The Bertz CT molecular complexity index is 603. The van der Waals surface area contributed by atoms with Gasteiger partial charge < -0.3 is 10.2 Å². The van der Waals surface area contributed by atoms with Crippen molar-refractivity contribution >= 4 is 11.6 Å². The summed E-state index contributed by atoms with van der Waals surface area (Å²) < 4.78 is 5.57. The summed E-state index contributed by atoms with van der Waals surface area (Å²) in [5, 5.41) is 0.683. The number of piperidine rings is 1. The molecule has 4 nitrogen and oxygen atoms in total. The van der Waals surface area contributed by atoms with Crippen LogP contribution >= 0.6 is 11.6 Å². The zero-order valence-electron chi connectivity index (χ0n) is 12.1. The molecular formula is C16H20ClN3O. The minimum absolute atomic E-state index is 0.257. The molecule has 1 aromatic carbocycles. The summed E-state index contributed by atoms with van der Waals surface area (Å²) in [7, 11) is 0. The molecule has 0 spiro atoms. The summed E-state index contributed by atoms with van der Waals surface area (Å²) >= 11 is 6.00. The molecule has 3 rings (SSSR count). The lowest BCUT2D eigenvalue weighted by atomic mass is 9.96. The van der Waals surface area contributed by atoms with Gasteiger partial charge in [0, 0.05) is 36.3 Å². The largest absolute Gasteiger partial charge is 0.444 e. The molecule has 0 amide bonds. The molecule has 21 heavy (non-hydrogen) atoms. The smallest absolute Gasteiger partial charge is 0.226 e. The number of oxazole rings is 1. The number of likely N-dealkylation sites (tertiary alicyclic amines) is 1. The van der Waals surface area contributed by atoms with E-state index in [0.29, 0.717) is 16.8 Å². The molecule has 0 aliphatic carbocycles. The lowest BCUT2D eigenvalue weighted by Crippen LogP contribution is -2.45. The zero-order chi connectivity index (χ0) is 14.8. The predicted molar refractivity (Wildman–Crippen MR) is 84.0 cm³/mol. The molecule has 2 N–H and O–H groups in total. The summed E-state index contributed by atoms with van der Waals surface area (Å²) in [4.78, 5) is 6.90. The third-order valence-corrected chi connectivity index (χ3v) is 4.01. The van der Waals surface area contributed by atoms with Crippen LogP contribution in [0.2, 0.25) is 5.02 Å². The Morgan fingerprint density at radius 2 is 2.29 bits per heavy atom. The standard InChI is InChI=1S/C16H20ClN3O/c1-11-5-14(18)8-20(7-11)9-15-10-21-16(19-15)12-3-2-4-13(17)6-12/h2-4,6,10-11,14H,5,7-9,18H2,1H3. The molecule has 2 atom stereocenters. The Kier molecular flexibility index (Phi) is 4.29. The summed E-state index contributed by atoms with van der Waals surface area (Å²) in [6.45, 7) is 5.01. The van der Waals surface area contributed by atoms with Crippen LogP contribution < -0.4 is 5.73 Å². The van der Waals surface area contributed by atoms with Gasteiger partial charge in [-0.2, -0.15) is 0 Å². The van der Waals surface area contributed by atoms with Crippen LogP contribution in [0.4, 0.5) is 0 Å². The van der Waals surface area contributed by atoms with Crippen molar-refractivity contribution in [3.63, 3.8) is 0 Å². The average molecular weight is 306 g/mol. The predicted octanol–water partition coefficient (Wildman–Crippen LogP) is 3.16. The third kappa shape index (κ3) is 3.64. The van der Waals surface area contributed by atoms with Crippen LogP contribution in [0.1, 0.15) is 19.0 Å². The molecule has 1 aliphatic rings. The summed E-state index contributed by atoms with van der Waals surface area (Å²) in [5.41, 5.74) is 7.92. The average Bonchev–Trinajstić information content (AvgIpc) is 2.86. The maximum Gasteiger partial charge on any atom is 0.226 e. The van der Waals surface area contributed by atoms with Crippen molar-refractivity contribution in [1.29, 1.82) is 0 Å². The first kappa shape index (κ1) is 14.6. The van der Waals surface area contributed by atoms with E-state index in [1.54, 1.807) is 6.26 Å². The van der Waals surface area contributed by atoms with E-state index in [1.807, 2.05) is 24.3 Å². The van der Waals surface area contributed by atoms with Crippen molar-refractivity contribution in [2.45, 2.75) is 25.9 Å². The third-order valence-electron chi connectivity index (χ3n) is 3.78. The lowest BCUT2D eigenvalue weighted by molar-refractivity contribution is 0.157. The monoisotopic (exact) mass is 305 g/mol. The molecule has 2 heterocycles. The Morgan fingerprint density at radius 3 is 3.05 bits per heavy atom. The van der Waals surface area contributed by atoms with Crippen LogP contribution in [0.15, 0.2) is 34.9 Å². The lowest BCUT2D eigenvalue weighted by Gasteiger charge is -2.34. The van der Waals surface area contributed by atoms with Gasteiger partial charge in [-0.25, -0.2) is 4.98 Å². The number of rotatable bonds is 3. The fraction of sp³-hybridized carbons (Fsp3) is 0.438. The van der Waals surface area contributed by atoms with E-state index >= 15 is 0 Å². The Labute approximate surface area is 129 Å². The molecule has 1 aromatic heterocycles. The molecule has 1 aliphatic heterocycles. The van der Waals surface area contributed by atoms with Gasteiger partial charge in [0.05, 0.1) is 5.69 Å². The maximum atomic E-state index is 6.08. The van der Waals surface area contributed by atoms with Crippen LogP contribution in [0.5, 0.6) is 0 Å². The van der Waals surface area contributed by atoms with E-state index in [4.69, 9.17) is 21.8 Å². The van der Waals surface area contributed by atoms with Crippen LogP contribution in [0, 0.1) is 5.92 Å². The minimum Gasteiger partial charge on any atom is -0.444 e. The van der Waals surface area contributed by atoms with Gasteiger partial charge >= 0.3 is 0 Å². The van der Waals surface area contributed by atoms with Gasteiger partial charge in [0.1, 0.15) is 6.26 Å². The molecule has 2 unspecified atom stereocenters. The second-order valence-corrected chi connectivity index (χ2v) is 6.39. The molecular weight excluding hydrogens is 286 g/mol. The SMILES string of the molecule is CC1CC(N)CN(Cc2coc(-c3cccc(Cl)c3)n2)C1. The highest BCUT2D eigenvalue weighted by molar-refractivity contribution is 6.30. The molecule has 1 fully saturated rings.